The fourth-order valence-corrected chi connectivity index (χ4v) is 2.26. The van der Waals surface area contributed by atoms with E-state index in [1.165, 1.54) is 0 Å². The zero-order chi connectivity index (χ0) is 14.4. The van der Waals surface area contributed by atoms with E-state index in [0.717, 1.165) is 22.3 Å². The Kier molecular flexibility index (Phi) is 5.36. The fourth-order valence-electron chi connectivity index (χ4n) is 2.26. The second-order valence-electron chi connectivity index (χ2n) is 4.49. The van der Waals surface area contributed by atoms with E-state index >= 15 is 0 Å². The molecule has 1 atom stereocenters. The number of rotatable bonds is 6. The summed E-state index contributed by atoms with van der Waals surface area (Å²) in [4.78, 5) is 14.0. The third kappa shape index (κ3) is 3.98. The number of aliphatic carboxylic acids is 1. The van der Waals surface area contributed by atoms with Gasteiger partial charge in [-0.15, -0.1) is 0 Å². The van der Waals surface area contributed by atoms with Crippen LogP contribution in [0.1, 0.15) is 28.3 Å². The molecule has 0 radical (unpaired) electrons. The van der Waals surface area contributed by atoms with Gasteiger partial charge in [-0.05, 0) is 43.0 Å². The van der Waals surface area contributed by atoms with E-state index < -0.39 is 12.0 Å². The SMILES string of the molecule is Cc1cc(C)c(C(NCCN=[N+]=[N-])C(=O)O)c(C)c1. The molecule has 1 aromatic rings. The molecule has 0 bridgehead atoms. The van der Waals surface area contributed by atoms with Crippen LogP contribution in [0.2, 0.25) is 0 Å². The van der Waals surface area contributed by atoms with Crippen molar-refractivity contribution in [3.8, 4) is 0 Å². The average molecular weight is 262 g/mol. The number of benzene rings is 1. The summed E-state index contributed by atoms with van der Waals surface area (Å²) < 4.78 is 0. The molecule has 1 unspecified atom stereocenters. The van der Waals surface area contributed by atoms with Crippen LogP contribution in [0.15, 0.2) is 17.2 Å². The third-order valence-electron chi connectivity index (χ3n) is 2.90. The maximum absolute atomic E-state index is 11.4. The van der Waals surface area contributed by atoms with E-state index in [9.17, 15) is 9.90 Å². The Bertz CT molecular complexity index is 498. The van der Waals surface area contributed by atoms with Gasteiger partial charge in [-0.3, -0.25) is 4.79 Å². The van der Waals surface area contributed by atoms with Crippen molar-refractivity contribution in [1.82, 2.24) is 5.32 Å². The highest BCUT2D eigenvalue weighted by atomic mass is 16.4. The minimum atomic E-state index is -0.934. The number of nitrogens with one attached hydrogen (secondary N) is 1. The molecule has 0 heterocycles. The van der Waals surface area contributed by atoms with Gasteiger partial charge in [0.15, 0.2) is 0 Å². The molecule has 0 saturated carbocycles. The van der Waals surface area contributed by atoms with Crippen LogP contribution >= 0.6 is 0 Å². The van der Waals surface area contributed by atoms with Crippen molar-refractivity contribution in [2.75, 3.05) is 13.1 Å². The molecule has 0 amide bonds. The van der Waals surface area contributed by atoms with Crippen molar-refractivity contribution in [2.24, 2.45) is 5.11 Å². The molecule has 0 aromatic heterocycles. The van der Waals surface area contributed by atoms with Gasteiger partial charge in [-0.2, -0.15) is 0 Å². The van der Waals surface area contributed by atoms with Gasteiger partial charge in [0.1, 0.15) is 6.04 Å². The van der Waals surface area contributed by atoms with Crippen LogP contribution in [-0.4, -0.2) is 24.2 Å². The van der Waals surface area contributed by atoms with E-state index in [0.29, 0.717) is 6.54 Å². The minimum absolute atomic E-state index is 0.226. The standard InChI is InChI=1S/C13H18N4O2/c1-8-6-9(2)11(10(3)7-8)12(13(18)19)15-4-5-16-17-14/h6-7,12,15H,4-5H2,1-3H3,(H,18,19). The Morgan fingerprint density at radius 3 is 2.47 bits per heavy atom. The highest BCUT2D eigenvalue weighted by Crippen LogP contribution is 2.23. The first kappa shape index (κ1) is 15.0. The third-order valence-corrected chi connectivity index (χ3v) is 2.90. The summed E-state index contributed by atoms with van der Waals surface area (Å²) in [5.41, 5.74) is 12.0. The van der Waals surface area contributed by atoms with E-state index in [4.69, 9.17) is 5.53 Å². The summed E-state index contributed by atoms with van der Waals surface area (Å²) in [6.45, 7) is 6.34. The maximum Gasteiger partial charge on any atom is 0.325 e. The predicted molar refractivity (Wildman–Crippen MR) is 73.0 cm³/mol. The van der Waals surface area contributed by atoms with Crippen molar-refractivity contribution in [1.29, 1.82) is 0 Å². The molecule has 0 aliphatic rings. The lowest BCUT2D eigenvalue weighted by Crippen LogP contribution is -2.31. The van der Waals surface area contributed by atoms with Crippen molar-refractivity contribution in [3.63, 3.8) is 0 Å². The Labute approximate surface area is 112 Å². The summed E-state index contributed by atoms with van der Waals surface area (Å²) in [7, 11) is 0. The topological polar surface area (TPSA) is 98.1 Å². The van der Waals surface area contributed by atoms with Crippen molar-refractivity contribution < 1.29 is 9.90 Å². The van der Waals surface area contributed by atoms with Gasteiger partial charge in [0.05, 0.1) is 0 Å². The predicted octanol–water partition coefficient (Wildman–Crippen LogP) is 2.64. The number of hydrogen-bond acceptors (Lipinski definition) is 3. The Morgan fingerprint density at radius 2 is 2.00 bits per heavy atom. The molecule has 0 spiro atoms. The first-order chi connectivity index (χ1) is 8.97. The first-order valence-electron chi connectivity index (χ1n) is 6.02. The van der Waals surface area contributed by atoms with Crippen molar-refractivity contribution in [3.05, 3.63) is 44.8 Å². The van der Waals surface area contributed by atoms with Crippen molar-refractivity contribution in [2.45, 2.75) is 26.8 Å². The highest BCUT2D eigenvalue weighted by molar-refractivity contribution is 5.76. The van der Waals surface area contributed by atoms with Gasteiger partial charge in [0.2, 0.25) is 0 Å². The molecular weight excluding hydrogens is 244 g/mol. The lowest BCUT2D eigenvalue weighted by molar-refractivity contribution is -0.139. The van der Waals surface area contributed by atoms with Gasteiger partial charge in [-0.25, -0.2) is 0 Å². The van der Waals surface area contributed by atoms with E-state index in [1.54, 1.807) is 0 Å². The quantitative estimate of drug-likeness (QED) is 0.357. The maximum atomic E-state index is 11.4. The Balaban J connectivity index is 2.99. The summed E-state index contributed by atoms with van der Waals surface area (Å²) in [5, 5.41) is 15.6. The lowest BCUT2D eigenvalue weighted by atomic mass is 9.94. The van der Waals surface area contributed by atoms with E-state index in [1.807, 2.05) is 32.9 Å². The molecule has 19 heavy (non-hydrogen) atoms. The number of aryl methyl sites for hydroxylation is 3. The van der Waals surface area contributed by atoms with Crippen LogP contribution in [0.3, 0.4) is 0 Å². The zero-order valence-corrected chi connectivity index (χ0v) is 11.3. The fraction of sp³-hybridized carbons (Fsp3) is 0.462. The molecule has 6 heteroatoms. The molecule has 0 fully saturated rings. The number of hydrogen-bond donors (Lipinski definition) is 2. The van der Waals surface area contributed by atoms with Gasteiger partial charge in [0.25, 0.3) is 0 Å². The molecular formula is C13H18N4O2. The van der Waals surface area contributed by atoms with Crippen LogP contribution in [0.25, 0.3) is 10.4 Å². The Morgan fingerprint density at radius 1 is 1.42 bits per heavy atom. The molecule has 6 nitrogen and oxygen atoms in total. The average Bonchev–Trinajstić information content (AvgIpc) is 2.30. The van der Waals surface area contributed by atoms with Crippen LogP contribution in [-0.2, 0) is 4.79 Å². The van der Waals surface area contributed by atoms with E-state index in [-0.39, 0.29) is 6.54 Å². The van der Waals surface area contributed by atoms with Crippen LogP contribution in [0, 0.1) is 20.8 Å². The number of carboxylic acids is 1. The number of nitrogens with zero attached hydrogens (tertiary/aromatic N) is 3. The number of carbonyl (C=O) groups is 1. The molecule has 0 saturated heterocycles. The van der Waals surface area contributed by atoms with Crippen LogP contribution < -0.4 is 5.32 Å². The highest BCUT2D eigenvalue weighted by Gasteiger charge is 2.22. The molecule has 0 aliphatic carbocycles. The monoisotopic (exact) mass is 262 g/mol. The van der Waals surface area contributed by atoms with Gasteiger partial charge in [-0.1, -0.05) is 22.8 Å². The summed E-state index contributed by atoms with van der Waals surface area (Å²) in [6.07, 6.45) is 0. The largest absolute Gasteiger partial charge is 0.480 e. The smallest absolute Gasteiger partial charge is 0.325 e. The molecule has 0 aliphatic heterocycles. The lowest BCUT2D eigenvalue weighted by Gasteiger charge is -2.19. The second kappa shape index (κ2) is 6.78. The van der Waals surface area contributed by atoms with Gasteiger partial charge >= 0.3 is 5.97 Å². The normalized spacial score (nSPS) is 11.7. The van der Waals surface area contributed by atoms with Crippen LogP contribution in [0.4, 0.5) is 0 Å². The summed E-state index contributed by atoms with van der Waals surface area (Å²) in [5.74, 6) is -0.934. The van der Waals surface area contributed by atoms with Crippen molar-refractivity contribution >= 4 is 5.97 Å². The number of carboxylic acid groups (broad SMARTS) is 1. The summed E-state index contributed by atoms with van der Waals surface area (Å²) in [6, 6.07) is 3.15. The van der Waals surface area contributed by atoms with Gasteiger partial charge in [0, 0.05) is 18.0 Å². The second-order valence-corrected chi connectivity index (χ2v) is 4.49. The van der Waals surface area contributed by atoms with E-state index in [2.05, 4.69) is 15.3 Å². The Hall–Kier alpha value is -2.04. The summed E-state index contributed by atoms with van der Waals surface area (Å²) >= 11 is 0. The zero-order valence-electron chi connectivity index (χ0n) is 11.3. The molecule has 2 N–H and O–H groups in total. The molecule has 1 rings (SSSR count). The number of azide groups is 1. The first-order valence-corrected chi connectivity index (χ1v) is 6.02. The molecule has 1 aromatic carbocycles. The molecule has 102 valence electrons. The van der Waals surface area contributed by atoms with Gasteiger partial charge < -0.3 is 10.4 Å². The minimum Gasteiger partial charge on any atom is -0.480 e. The van der Waals surface area contributed by atoms with Crippen LogP contribution in [0.5, 0.6) is 0 Å².